The van der Waals surface area contributed by atoms with Crippen LogP contribution < -0.4 is 11.1 Å². The third-order valence-corrected chi connectivity index (χ3v) is 1.99. The Morgan fingerprint density at radius 2 is 2.23 bits per heavy atom. The van der Waals surface area contributed by atoms with Gasteiger partial charge in [-0.1, -0.05) is 6.08 Å². The lowest BCUT2D eigenvalue weighted by molar-refractivity contribution is 0.998. The summed E-state index contributed by atoms with van der Waals surface area (Å²) in [7, 11) is 0. The van der Waals surface area contributed by atoms with Crippen LogP contribution in [0.15, 0.2) is 30.9 Å². The average molecular weight is 176 g/mol. The topological polar surface area (TPSA) is 38.0 Å². The number of hydrogen-bond acceptors (Lipinski definition) is 2. The Balaban J connectivity index is 2.83. The summed E-state index contributed by atoms with van der Waals surface area (Å²) in [6, 6.07) is 6.12. The first-order chi connectivity index (χ1) is 6.13. The van der Waals surface area contributed by atoms with Crippen LogP contribution in [0.3, 0.4) is 0 Å². The van der Waals surface area contributed by atoms with Crippen LogP contribution in [0.1, 0.15) is 12.5 Å². The number of aryl methyl sites for hydroxylation is 1. The molecule has 0 amide bonds. The number of rotatable bonds is 3. The van der Waals surface area contributed by atoms with E-state index in [1.54, 1.807) is 0 Å². The van der Waals surface area contributed by atoms with Gasteiger partial charge in [-0.2, -0.15) is 0 Å². The number of anilines is 2. The van der Waals surface area contributed by atoms with Crippen molar-refractivity contribution < 1.29 is 0 Å². The normalized spacial score (nSPS) is 12.2. The lowest BCUT2D eigenvalue weighted by atomic mass is 10.1. The maximum Gasteiger partial charge on any atom is 0.0413 e. The second-order valence-corrected chi connectivity index (χ2v) is 3.24. The number of nitrogens with two attached hydrogens (primary N) is 1. The molecule has 0 aliphatic rings. The molecule has 0 aliphatic heterocycles. The molecule has 1 rings (SSSR count). The molecule has 2 heteroatoms. The predicted molar refractivity (Wildman–Crippen MR) is 58.9 cm³/mol. The van der Waals surface area contributed by atoms with Crippen molar-refractivity contribution >= 4 is 11.4 Å². The minimum atomic E-state index is 0.280. The van der Waals surface area contributed by atoms with Crippen LogP contribution in [0.5, 0.6) is 0 Å². The summed E-state index contributed by atoms with van der Waals surface area (Å²) in [4.78, 5) is 0. The largest absolute Gasteiger partial charge is 0.399 e. The monoisotopic (exact) mass is 176 g/mol. The van der Waals surface area contributed by atoms with Crippen LogP contribution in [0.4, 0.5) is 11.4 Å². The summed E-state index contributed by atoms with van der Waals surface area (Å²) in [6.45, 7) is 7.81. The van der Waals surface area contributed by atoms with Crippen molar-refractivity contribution in [3.8, 4) is 0 Å². The summed E-state index contributed by atoms with van der Waals surface area (Å²) >= 11 is 0. The van der Waals surface area contributed by atoms with E-state index in [9.17, 15) is 0 Å². The molecule has 2 nitrogen and oxygen atoms in total. The van der Waals surface area contributed by atoms with Gasteiger partial charge in [-0.15, -0.1) is 6.58 Å². The lowest BCUT2D eigenvalue weighted by Crippen LogP contribution is -2.12. The first-order valence-corrected chi connectivity index (χ1v) is 4.38. The van der Waals surface area contributed by atoms with Crippen molar-refractivity contribution in [2.24, 2.45) is 0 Å². The first kappa shape index (κ1) is 9.65. The quantitative estimate of drug-likeness (QED) is 0.548. The molecule has 70 valence electrons. The molecule has 0 saturated carbocycles. The minimum Gasteiger partial charge on any atom is -0.399 e. The van der Waals surface area contributed by atoms with Crippen molar-refractivity contribution in [1.82, 2.24) is 0 Å². The maximum absolute atomic E-state index is 5.64. The van der Waals surface area contributed by atoms with Crippen LogP contribution >= 0.6 is 0 Å². The summed E-state index contributed by atoms with van der Waals surface area (Å²) in [5.74, 6) is 0. The molecule has 1 unspecified atom stereocenters. The van der Waals surface area contributed by atoms with E-state index in [-0.39, 0.29) is 6.04 Å². The third kappa shape index (κ3) is 2.51. The van der Waals surface area contributed by atoms with E-state index in [0.29, 0.717) is 0 Å². The van der Waals surface area contributed by atoms with Gasteiger partial charge in [-0.05, 0) is 37.6 Å². The molecule has 3 N–H and O–H groups in total. The van der Waals surface area contributed by atoms with Gasteiger partial charge in [-0.3, -0.25) is 0 Å². The molecule has 1 aromatic rings. The molecule has 0 heterocycles. The number of hydrogen-bond donors (Lipinski definition) is 2. The van der Waals surface area contributed by atoms with Crippen molar-refractivity contribution in [2.45, 2.75) is 19.9 Å². The smallest absolute Gasteiger partial charge is 0.0413 e. The Kier molecular flexibility index (Phi) is 2.96. The van der Waals surface area contributed by atoms with Gasteiger partial charge >= 0.3 is 0 Å². The zero-order chi connectivity index (χ0) is 9.84. The van der Waals surface area contributed by atoms with Crippen LogP contribution in [-0.2, 0) is 0 Å². The van der Waals surface area contributed by atoms with E-state index in [2.05, 4.69) is 18.8 Å². The average Bonchev–Trinajstić information content (AvgIpc) is 2.09. The van der Waals surface area contributed by atoms with Gasteiger partial charge in [0.2, 0.25) is 0 Å². The minimum absolute atomic E-state index is 0.280. The van der Waals surface area contributed by atoms with Crippen molar-refractivity contribution in [3.63, 3.8) is 0 Å². The number of benzene rings is 1. The standard InChI is InChI=1S/C11H16N2/c1-4-9(3)13-11-6-5-10(12)7-8(11)2/h4-7,9,13H,1,12H2,2-3H3. The molecule has 0 aliphatic carbocycles. The fourth-order valence-electron chi connectivity index (χ4n) is 1.15. The van der Waals surface area contributed by atoms with Gasteiger partial charge in [0.1, 0.15) is 0 Å². The van der Waals surface area contributed by atoms with E-state index in [4.69, 9.17) is 5.73 Å². The van der Waals surface area contributed by atoms with E-state index in [0.717, 1.165) is 16.9 Å². The highest BCUT2D eigenvalue weighted by Gasteiger charge is 2.00. The van der Waals surface area contributed by atoms with Gasteiger partial charge in [0.05, 0.1) is 0 Å². The fourth-order valence-corrected chi connectivity index (χ4v) is 1.15. The molecule has 0 bridgehead atoms. The van der Waals surface area contributed by atoms with Crippen molar-refractivity contribution in [1.29, 1.82) is 0 Å². The van der Waals surface area contributed by atoms with Gasteiger partial charge in [0.25, 0.3) is 0 Å². The van der Waals surface area contributed by atoms with E-state index >= 15 is 0 Å². The van der Waals surface area contributed by atoms with Crippen LogP contribution in [0.25, 0.3) is 0 Å². The highest BCUT2D eigenvalue weighted by molar-refractivity contribution is 5.58. The van der Waals surface area contributed by atoms with Crippen LogP contribution in [0, 0.1) is 6.92 Å². The Morgan fingerprint density at radius 1 is 1.54 bits per heavy atom. The molecule has 1 atom stereocenters. The maximum atomic E-state index is 5.64. The number of nitrogen functional groups attached to an aromatic ring is 1. The molecule has 0 fully saturated rings. The second kappa shape index (κ2) is 3.99. The third-order valence-electron chi connectivity index (χ3n) is 1.99. The molecular formula is C11H16N2. The Hall–Kier alpha value is -1.44. The molecule has 0 radical (unpaired) electrons. The molecule has 0 spiro atoms. The highest BCUT2D eigenvalue weighted by atomic mass is 14.9. The predicted octanol–water partition coefficient (Wildman–Crippen LogP) is 2.56. The lowest BCUT2D eigenvalue weighted by Gasteiger charge is -2.13. The second-order valence-electron chi connectivity index (χ2n) is 3.24. The van der Waals surface area contributed by atoms with E-state index in [1.165, 1.54) is 0 Å². The molecule has 13 heavy (non-hydrogen) atoms. The number of nitrogens with one attached hydrogen (secondary N) is 1. The zero-order valence-electron chi connectivity index (χ0n) is 8.17. The summed E-state index contributed by atoms with van der Waals surface area (Å²) in [6.07, 6.45) is 1.87. The fraction of sp³-hybridized carbons (Fsp3) is 0.273. The molecule has 1 aromatic carbocycles. The van der Waals surface area contributed by atoms with Gasteiger partial charge < -0.3 is 11.1 Å². The van der Waals surface area contributed by atoms with Gasteiger partial charge in [0, 0.05) is 17.4 Å². The van der Waals surface area contributed by atoms with Gasteiger partial charge in [0.15, 0.2) is 0 Å². The van der Waals surface area contributed by atoms with Crippen molar-refractivity contribution in [3.05, 3.63) is 36.4 Å². The molecular weight excluding hydrogens is 160 g/mol. The van der Waals surface area contributed by atoms with E-state index in [1.807, 2.05) is 31.2 Å². The van der Waals surface area contributed by atoms with Crippen LogP contribution in [-0.4, -0.2) is 6.04 Å². The Labute approximate surface area is 79.5 Å². The molecule has 0 aromatic heterocycles. The highest BCUT2D eigenvalue weighted by Crippen LogP contribution is 2.18. The van der Waals surface area contributed by atoms with Gasteiger partial charge in [-0.25, -0.2) is 0 Å². The van der Waals surface area contributed by atoms with Crippen molar-refractivity contribution in [2.75, 3.05) is 11.1 Å². The van der Waals surface area contributed by atoms with Crippen LogP contribution in [0.2, 0.25) is 0 Å². The first-order valence-electron chi connectivity index (χ1n) is 4.38. The van der Waals surface area contributed by atoms with E-state index < -0.39 is 0 Å². The zero-order valence-corrected chi connectivity index (χ0v) is 8.17. The Morgan fingerprint density at radius 3 is 2.77 bits per heavy atom. The SMILES string of the molecule is C=CC(C)Nc1ccc(N)cc1C. The summed E-state index contributed by atoms with van der Waals surface area (Å²) < 4.78 is 0. The summed E-state index contributed by atoms with van der Waals surface area (Å²) in [5.41, 5.74) is 8.72. The summed E-state index contributed by atoms with van der Waals surface area (Å²) in [5, 5.41) is 3.31. The Bertz CT molecular complexity index is 305. The molecule has 0 saturated heterocycles.